The summed E-state index contributed by atoms with van der Waals surface area (Å²) in [6, 6.07) is 0. The first-order chi connectivity index (χ1) is 5.67. The molecule has 0 fully saturated rings. The van der Waals surface area contributed by atoms with Gasteiger partial charge in [-0.2, -0.15) is 0 Å². The topological polar surface area (TPSA) is 3.24 Å². The second-order valence-electron chi connectivity index (χ2n) is 3.40. The maximum Gasteiger partial charge on any atom is -0.000758 e. The summed E-state index contributed by atoms with van der Waals surface area (Å²) in [6.45, 7) is 14.0. The van der Waals surface area contributed by atoms with Crippen LogP contribution in [0.15, 0.2) is 0 Å². The van der Waals surface area contributed by atoms with E-state index in [2.05, 4.69) is 39.3 Å². The smallest absolute Gasteiger partial charge is 0.000758 e. The number of hydrogen-bond acceptors (Lipinski definition) is 1. The van der Waals surface area contributed by atoms with Gasteiger partial charge in [-0.15, -0.1) is 0 Å². The Kier molecular flexibility index (Phi) is 7.08. The molecular weight excluding hydrogens is 165 g/mol. The Morgan fingerprint density at radius 2 is 1.58 bits per heavy atom. The number of nitrogens with zero attached hydrogens (tertiary/aromatic N) is 1. The molecule has 0 amide bonds. The fourth-order valence-corrected chi connectivity index (χ4v) is 4.18. The van der Waals surface area contributed by atoms with E-state index >= 15 is 0 Å². The van der Waals surface area contributed by atoms with Crippen LogP contribution in [0.1, 0.15) is 41.0 Å². The van der Waals surface area contributed by atoms with E-state index in [0.717, 1.165) is 5.66 Å². The van der Waals surface area contributed by atoms with Crippen LogP contribution in [0.25, 0.3) is 0 Å². The van der Waals surface area contributed by atoms with Gasteiger partial charge in [0.15, 0.2) is 0 Å². The van der Waals surface area contributed by atoms with Gasteiger partial charge in [-0.1, -0.05) is 41.0 Å². The van der Waals surface area contributed by atoms with Crippen LogP contribution in [0.2, 0.25) is 0 Å². The van der Waals surface area contributed by atoms with E-state index in [4.69, 9.17) is 0 Å². The Labute approximate surface area is 79.3 Å². The van der Waals surface area contributed by atoms with E-state index in [9.17, 15) is 0 Å². The van der Waals surface area contributed by atoms with E-state index in [1.54, 1.807) is 0 Å². The summed E-state index contributed by atoms with van der Waals surface area (Å²) < 4.78 is 2.64. The van der Waals surface area contributed by atoms with Crippen LogP contribution in [-0.2, 0) is 0 Å². The molecule has 0 N–H and O–H groups in total. The molecule has 0 aliphatic heterocycles. The van der Waals surface area contributed by atoms with Gasteiger partial charge in [0.1, 0.15) is 0 Å². The molecule has 0 saturated heterocycles. The van der Waals surface area contributed by atoms with Crippen LogP contribution >= 0.6 is 8.07 Å². The Balaban J connectivity index is 4.05. The quantitative estimate of drug-likeness (QED) is 0.578. The molecule has 0 saturated carbocycles. The predicted molar refractivity (Wildman–Crippen MR) is 60.1 cm³/mol. The zero-order valence-corrected chi connectivity index (χ0v) is 10.2. The Morgan fingerprint density at radius 1 is 1.08 bits per heavy atom. The zero-order valence-electron chi connectivity index (χ0n) is 9.30. The van der Waals surface area contributed by atoms with E-state index in [-0.39, 0.29) is 8.07 Å². The SMILES string of the molecule is CCCP(C(C)C)N(CC)CC. The van der Waals surface area contributed by atoms with Gasteiger partial charge in [0, 0.05) is 0 Å². The summed E-state index contributed by atoms with van der Waals surface area (Å²) in [6.07, 6.45) is 2.75. The third-order valence-corrected chi connectivity index (χ3v) is 5.53. The number of rotatable bonds is 6. The van der Waals surface area contributed by atoms with Crippen molar-refractivity contribution >= 4 is 8.07 Å². The lowest BCUT2D eigenvalue weighted by atomic mass is 10.6. The largest absolute Gasteiger partial charge is 0.282 e. The first-order valence-corrected chi connectivity index (χ1v) is 6.73. The molecule has 0 radical (unpaired) electrons. The van der Waals surface area contributed by atoms with E-state index in [1.807, 2.05) is 0 Å². The van der Waals surface area contributed by atoms with Gasteiger partial charge in [-0.05, 0) is 33.0 Å². The summed E-state index contributed by atoms with van der Waals surface area (Å²) in [5.74, 6) is 0. The molecule has 74 valence electrons. The zero-order chi connectivity index (χ0) is 9.56. The monoisotopic (exact) mass is 189 g/mol. The molecular formula is C10H24NP. The molecule has 0 aromatic heterocycles. The average Bonchev–Trinajstić information content (AvgIpc) is 2.05. The number of hydrogen-bond donors (Lipinski definition) is 0. The van der Waals surface area contributed by atoms with Gasteiger partial charge in [0.05, 0.1) is 0 Å². The molecule has 1 atom stereocenters. The van der Waals surface area contributed by atoms with Crippen molar-refractivity contribution in [3.63, 3.8) is 0 Å². The Bertz CT molecular complexity index is 100. The van der Waals surface area contributed by atoms with E-state index < -0.39 is 0 Å². The second kappa shape index (κ2) is 6.86. The van der Waals surface area contributed by atoms with Crippen molar-refractivity contribution in [2.24, 2.45) is 0 Å². The fraction of sp³-hybridized carbons (Fsp3) is 1.00. The molecule has 1 nitrogen and oxygen atoms in total. The van der Waals surface area contributed by atoms with Crippen molar-refractivity contribution in [3.8, 4) is 0 Å². The van der Waals surface area contributed by atoms with E-state index in [1.165, 1.54) is 25.7 Å². The molecule has 0 bridgehead atoms. The molecule has 2 heteroatoms. The highest BCUT2D eigenvalue weighted by Crippen LogP contribution is 2.44. The van der Waals surface area contributed by atoms with Crippen molar-refractivity contribution < 1.29 is 0 Å². The Morgan fingerprint density at radius 3 is 1.83 bits per heavy atom. The summed E-state index contributed by atoms with van der Waals surface area (Å²) in [5, 5.41) is 0. The standard InChI is InChI=1S/C10H24NP/c1-6-9-12(10(4)5)11(7-2)8-3/h10H,6-9H2,1-5H3. The Hall–Kier alpha value is 0.390. The minimum Gasteiger partial charge on any atom is -0.282 e. The third kappa shape index (κ3) is 3.87. The molecule has 0 heterocycles. The van der Waals surface area contributed by atoms with Gasteiger partial charge in [-0.3, -0.25) is 4.67 Å². The molecule has 0 aromatic carbocycles. The predicted octanol–water partition coefficient (Wildman–Crippen LogP) is 3.54. The van der Waals surface area contributed by atoms with E-state index in [0.29, 0.717) is 0 Å². The van der Waals surface area contributed by atoms with Crippen LogP contribution in [0.3, 0.4) is 0 Å². The van der Waals surface area contributed by atoms with Gasteiger partial charge in [-0.25, -0.2) is 0 Å². The van der Waals surface area contributed by atoms with Gasteiger partial charge < -0.3 is 0 Å². The lowest BCUT2D eigenvalue weighted by Gasteiger charge is -2.32. The van der Waals surface area contributed by atoms with Crippen molar-refractivity contribution in [2.75, 3.05) is 19.3 Å². The molecule has 0 aliphatic rings. The molecule has 0 rings (SSSR count). The molecule has 0 aliphatic carbocycles. The third-order valence-electron chi connectivity index (χ3n) is 2.14. The lowest BCUT2D eigenvalue weighted by molar-refractivity contribution is 0.500. The van der Waals surface area contributed by atoms with Crippen LogP contribution in [-0.4, -0.2) is 29.6 Å². The summed E-state index contributed by atoms with van der Waals surface area (Å²) in [5.41, 5.74) is 0.861. The van der Waals surface area contributed by atoms with Crippen LogP contribution in [0.4, 0.5) is 0 Å². The average molecular weight is 189 g/mol. The maximum absolute atomic E-state index is 2.64. The van der Waals surface area contributed by atoms with Crippen LogP contribution in [0, 0.1) is 0 Å². The first-order valence-electron chi connectivity index (χ1n) is 5.18. The fourth-order valence-electron chi connectivity index (χ4n) is 1.54. The van der Waals surface area contributed by atoms with Crippen molar-refractivity contribution in [1.29, 1.82) is 0 Å². The molecule has 1 unspecified atom stereocenters. The highest BCUT2D eigenvalue weighted by Gasteiger charge is 2.17. The van der Waals surface area contributed by atoms with Gasteiger partial charge in [0.25, 0.3) is 0 Å². The second-order valence-corrected chi connectivity index (χ2v) is 6.32. The van der Waals surface area contributed by atoms with Crippen molar-refractivity contribution in [2.45, 2.75) is 46.7 Å². The van der Waals surface area contributed by atoms with Crippen LogP contribution in [0.5, 0.6) is 0 Å². The van der Waals surface area contributed by atoms with Gasteiger partial charge >= 0.3 is 0 Å². The molecule has 12 heavy (non-hydrogen) atoms. The van der Waals surface area contributed by atoms with Gasteiger partial charge in [0.2, 0.25) is 0 Å². The first kappa shape index (κ1) is 12.4. The maximum atomic E-state index is 2.64. The summed E-state index contributed by atoms with van der Waals surface area (Å²) in [7, 11) is 0.150. The minimum absolute atomic E-state index is 0.150. The minimum atomic E-state index is 0.150. The lowest BCUT2D eigenvalue weighted by Crippen LogP contribution is -2.22. The van der Waals surface area contributed by atoms with Crippen LogP contribution < -0.4 is 0 Å². The molecule has 0 aromatic rings. The van der Waals surface area contributed by atoms with Crippen molar-refractivity contribution in [3.05, 3.63) is 0 Å². The highest BCUT2D eigenvalue weighted by molar-refractivity contribution is 7.55. The van der Waals surface area contributed by atoms with Crippen molar-refractivity contribution in [1.82, 2.24) is 4.67 Å². The highest BCUT2D eigenvalue weighted by atomic mass is 31.1. The summed E-state index contributed by atoms with van der Waals surface area (Å²) >= 11 is 0. The normalized spacial score (nSPS) is 14.2. The molecule has 0 spiro atoms. The summed E-state index contributed by atoms with van der Waals surface area (Å²) in [4.78, 5) is 0.